The Morgan fingerprint density at radius 2 is 1.95 bits per heavy atom. The Morgan fingerprint density at radius 3 is 2.60 bits per heavy atom. The van der Waals surface area contributed by atoms with E-state index >= 15 is 0 Å². The second-order valence-electron chi connectivity index (χ2n) is 4.31. The number of benzene rings is 2. The van der Waals surface area contributed by atoms with Gasteiger partial charge >= 0.3 is 0 Å². The molecule has 0 aliphatic heterocycles. The molecule has 2 aromatic rings. The van der Waals surface area contributed by atoms with Gasteiger partial charge in [0.1, 0.15) is 17.4 Å². The summed E-state index contributed by atoms with van der Waals surface area (Å²) in [7, 11) is 1.39. The van der Waals surface area contributed by atoms with Gasteiger partial charge in [-0.15, -0.1) is 0 Å². The Morgan fingerprint density at radius 1 is 1.20 bits per heavy atom. The van der Waals surface area contributed by atoms with Crippen molar-refractivity contribution in [1.82, 2.24) is 0 Å². The summed E-state index contributed by atoms with van der Waals surface area (Å²) in [6.45, 7) is 0. The van der Waals surface area contributed by atoms with E-state index in [0.29, 0.717) is 10.0 Å². The highest BCUT2D eigenvalue weighted by Crippen LogP contribution is 2.30. The van der Waals surface area contributed by atoms with Gasteiger partial charge in [0.05, 0.1) is 18.8 Å². The van der Waals surface area contributed by atoms with Crippen molar-refractivity contribution in [2.45, 2.75) is 12.5 Å². The number of halogens is 3. The number of methoxy groups -OCH3 is 1. The smallest absolute Gasteiger partial charge is 0.132 e. The second-order valence-corrected chi connectivity index (χ2v) is 5.23. The lowest BCUT2D eigenvalue weighted by molar-refractivity contribution is 0.167. The molecule has 0 saturated heterocycles. The quantitative estimate of drug-likeness (QED) is 0.909. The zero-order chi connectivity index (χ0) is 14.7. The zero-order valence-electron chi connectivity index (χ0n) is 10.7. The molecular weight excluding hydrogens is 330 g/mol. The number of hydrogen-bond donors (Lipinski definition) is 1. The molecule has 0 fully saturated rings. The van der Waals surface area contributed by atoms with E-state index < -0.39 is 17.7 Å². The van der Waals surface area contributed by atoms with Crippen LogP contribution in [0.3, 0.4) is 0 Å². The van der Waals surface area contributed by atoms with Crippen LogP contribution in [-0.2, 0) is 6.42 Å². The monoisotopic (exact) mass is 342 g/mol. The molecule has 0 aliphatic carbocycles. The molecule has 2 nitrogen and oxygen atoms in total. The average Bonchev–Trinajstić information content (AvgIpc) is 2.41. The van der Waals surface area contributed by atoms with E-state index in [0.717, 1.165) is 0 Å². The average molecular weight is 343 g/mol. The lowest BCUT2D eigenvalue weighted by Crippen LogP contribution is -2.08. The Bertz CT molecular complexity index is 617. The third-order valence-electron chi connectivity index (χ3n) is 2.99. The van der Waals surface area contributed by atoms with Crippen molar-refractivity contribution < 1.29 is 18.6 Å². The van der Waals surface area contributed by atoms with E-state index in [1.807, 2.05) is 0 Å². The number of hydrogen-bond acceptors (Lipinski definition) is 2. The van der Waals surface area contributed by atoms with Crippen molar-refractivity contribution in [2.75, 3.05) is 7.11 Å². The van der Waals surface area contributed by atoms with Crippen LogP contribution in [0, 0.1) is 11.6 Å². The minimum atomic E-state index is -1.18. The Balaban J connectivity index is 2.30. The molecule has 5 heteroatoms. The van der Waals surface area contributed by atoms with Crippen molar-refractivity contribution in [2.24, 2.45) is 0 Å². The minimum Gasteiger partial charge on any atom is -0.496 e. The molecule has 0 bridgehead atoms. The summed E-state index contributed by atoms with van der Waals surface area (Å²) >= 11 is 3.16. The number of rotatable bonds is 4. The second kappa shape index (κ2) is 6.33. The van der Waals surface area contributed by atoms with Gasteiger partial charge < -0.3 is 9.84 Å². The largest absolute Gasteiger partial charge is 0.496 e. The van der Waals surface area contributed by atoms with E-state index in [9.17, 15) is 13.9 Å². The lowest BCUT2D eigenvalue weighted by atomic mass is 10.00. The molecule has 106 valence electrons. The van der Waals surface area contributed by atoms with Gasteiger partial charge in [0.2, 0.25) is 0 Å². The molecule has 0 saturated carbocycles. The first-order valence-corrected chi connectivity index (χ1v) is 6.76. The molecule has 0 radical (unpaired) electrons. The highest BCUT2D eigenvalue weighted by Gasteiger charge is 2.19. The van der Waals surface area contributed by atoms with Crippen LogP contribution in [0.1, 0.15) is 17.2 Å². The molecule has 2 aromatic carbocycles. The maximum Gasteiger partial charge on any atom is 0.132 e. The van der Waals surface area contributed by atoms with Crippen molar-refractivity contribution in [3.8, 4) is 5.75 Å². The SMILES string of the molecule is COc1cccc(F)c1C(O)Cc1ccc(Br)cc1F. The Labute approximate surface area is 124 Å². The van der Waals surface area contributed by atoms with Crippen LogP contribution in [0.4, 0.5) is 8.78 Å². The van der Waals surface area contributed by atoms with Gasteiger partial charge in [-0.25, -0.2) is 8.78 Å². The molecule has 0 amide bonds. The Hall–Kier alpha value is -1.46. The third kappa shape index (κ3) is 3.16. The van der Waals surface area contributed by atoms with Crippen LogP contribution in [0.25, 0.3) is 0 Å². The minimum absolute atomic E-state index is 0.0313. The van der Waals surface area contributed by atoms with Crippen LogP contribution in [-0.4, -0.2) is 12.2 Å². The highest BCUT2D eigenvalue weighted by molar-refractivity contribution is 9.10. The van der Waals surface area contributed by atoms with Crippen LogP contribution >= 0.6 is 15.9 Å². The first-order chi connectivity index (χ1) is 9.52. The topological polar surface area (TPSA) is 29.5 Å². The van der Waals surface area contributed by atoms with Gasteiger partial charge in [-0.3, -0.25) is 0 Å². The summed E-state index contributed by atoms with van der Waals surface area (Å²) in [5, 5.41) is 10.2. The summed E-state index contributed by atoms with van der Waals surface area (Å²) in [6, 6.07) is 8.81. The predicted octanol–water partition coefficient (Wildman–Crippen LogP) is 4.01. The van der Waals surface area contributed by atoms with Gasteiger partial charge in [-0.05, 0) is 29.8 Å². The van der Waals surface area contributed by atoms with Gasteiger partial charge in [-0.1, -0.05) is 28.1 Å². The van der Waals surface area contributed by atoms with Gasteiger partial charge in [0.15, 0.2) is 0 Å². The normalized spacial score (nSPS) is 12.2. The maximum absolute atomic E-state index is 13.8. The van der Waals surface area contributed by atoms with Crippen LogP contribution < -0.4 is 4.74 Å². The first kappa shape index (κ1) is 14.9. The van der Waals surface area contributed by atoms with Crippen molar-refractivity contribution in [3.63, 3.8) is 0 Å². The van der Waals surface area contributed by atoms with Gasteiger partial charge in [-0.2, -0.15) is 0 Å². The Kier molecular flexibility index (Phi) is 4.73. The molecule has 2 rings (SSSR count). The molecule has 0 heterocycles. The fraction of sp³-hybridized carbons (Fsp3) is 0.200. The fourth-order valence-corrected chi connectivity index (χ4v) is 2.35. The maximum atomic E-state index is 13.8. The number of aliphatic hydroxyl groups is 1. The van der Waals surface area contributed by atoms with Gasteiger partial charge in [0.25, 0.3) is 0 Å². The van der Waals surface area contributed by atoms with Crippen LogP contribution in [0.5, 0.6) is 5.75 Å². The molecule has 1 N–H and O–H groups in total. The standard InChI is InChI=1S/C15H13BrF2O2/c1-20-14-4-2-3-11(17)15(14)13(19)7-9-5-6-10(16)8-12(9)18/h2-6,8,13,19H,7H2,1H3. The van der Waals surface area contributed by atoms with Crippen LogP contribution in [0.15, 0.2) is 40.9 Å². The summed E-state index contributed by atoms with van der Waals surface area (Å²) in [5.41, 5.74) is 0.350. The summed E-state index contributed by atoms with van der Waals surface area (Å²) in [5.74, 6) is -0.780. The summed E-state index contributed by atoms with van der Waals surface area (Å²) in [4.78, 5) is 0. The first-order valence-electron chi connectivity index (χ1n) is 5.97. The summed E-state index contributed by atoms with van der Waals surface area (Å²) < 4.78 is 33.2. The number of aliphatic hydroxyl groups excluding tert-OH is 1. The van der Waals surface area contributed by atoms with Crippen molar-refractivity contribution >= 4 is 15.9 Å². The van der Waals surface area contributed by atoms with Gasteiger partial charge in [0, 0.05) is 10.9 Å². The molecule has 1 atom stereocenters. The summed E-state index contributed by atoms with van der Waals surface area (Å²) in [6.07, 6.45) is -1.21. The lowest BCUT2D eigenvalue weighted by Gasteiger charge is -2.16. The van der Waals surface area contributed by atoms with E-state index in [4.69, 9.17) is 4.74 Å². The van der Waals surface area contributed by atoms with Crippen LogP contribution in [0.2, 0.25) is 0 Å². The van der Waals surface area contributed by atoms with Crippen molar-refractivity contribution in [1.29, 1.82) is 0 Å². The molecule has 0 aliphatic rings. The zero-order valence-corrected chi connectivity index (χ0v) is 12.3. The third-order valence-corrected chi connectivity index (χ3v) is 3.49. The van der Waals surface area contributed by atoms with E-state index in [2.05, 4.69) is 15.9 Å². The van der Waals surface area contributed by atoms with Crippen molar-refractivity contribution in [3.05, 3.63) is 63.6 Å². The molecule has 1 unspecified atom stereocenters. The molecule has 0 aromatic heterocycles. The molecule has 20 heavy (non-hydrogen) atoms. The molecular formula is C15H13BrF2O2. The van der Waals surface area contributed by atoms with E-state index in [-0.39, 0.29) is 17.7 Å². The van der Waals surface area contributed by atoms with E-state index in [1.54, 1.807) is 18.2 Å². The molecule has 0 spiro atoms. The van der Waals surface area contributed by atoms with E-state index in [1.165, 1.54) is 25.3 Å². The highest BCUT2D eigenvalue weighted by atomic mass is 79.9. The predicted molar refractivity (Wildman–Crippen MR) is 75.7 cm³/mol. The number of ether oxygens (including phenoxy) is 1. The fourth-order valence-electron chi connectivity index (χ4n) is 2.02.